The number of carboxylic acid groups (broad SMARTS) is 2. The molecule has 2 N–H and O–H groups in total. The summed E-state index contributed by atoms with van der Waals surface area (Å²) in [6, 6.07) is 0. The zero-order valence-corrected chi connectivity index (χ0v) is 14.9. The largest absolute Gasteiger partial charge is 0.550 e. The predicted molar refractivity (Wildman–Crippen MR) is 85.7 cm³/mol. The third kappa shape index (κ3) is 23.2. The fourth-order valence-corrected chi connectivity index (χ4v) is 1.81. The lowest BCUT2D eigenvalue weighted by molar-refractivity contribution is -0.873. The molecule has 138 valence electrons. The number of aliphatic hydroxyl groups is 1. The summed E-state index contributed by atoms with van der Waals surface area (Å²) in [6.45, 7) is 3.43. The standard InChI is InChI=1S/C12H25NO3.C4H8O3/c1-5-6-7-8-16-11(9-12(14)15)10-13(2,3)4;5-3-1-2-4(6)7/h11H,5-10H2,1-4H3;5H,1-3H2,(H,6,7). The molecule has 7 heteroatoms. The van der Waals surface area contributed by atoms with Gasteiger partial charge in [-0.3, -0.25) is 4.79 Å². The van der Waals surface area contributed by atoms with E-state index in [1.807, 2.05) is 21.1 Å². The number of unbranched alkanes of at least 4 members (excludes halogenated alkanes) is 2. The molecule has 7 nitrogen and oxygen atoms in total. The monoisotopic (exact) mass is 335 g/mol. The Morgan fingerprint density at radius 1 is 1.17 bits per heavy atom. The highest BCUT2D eigenvalue weighted by molar-refractivity contribution is 5.66. The number of rotatable bonds is 12. The van der Waals surface area contributed by atoms with Gasteiger partial charge in [-0.1, -0.05) is 19.8 Å². The van der Waals surface area contributed by atoms with Gasteiger partial charge in [0.15, 0.2) is 0 Å². The summed E-state index contributed by atoms with van der Waals surface area (Å²) in [5, 5.41) is 26.6. The zero-order chi connectivity index (χ0) is 18.3. The molecule has 0 spiro atoms. The van der Waals surface area contributed by atoms with Gasteiger partial charge in [0.1, 0.15) is 12.6 Å². The first kappa shape index (κ1) is 24.1. The van der Waals surface area contributed by atoms with E-state index in [0.29, 0.717) is 24.1 Å². The van der Waals surface area contributed by atoms with Gasteiger partial charge >= 0.3 is 5.97 Å². The molecule has 0 aromatic carbocycles. The van der Waals surface area contributed by atoms with Crippen molar-refractivity contribution in [1.29, 1.82) is 0 Å². The van der Waals surface area contributed by atoms with Gasteiger partial charge in [-0.05, 0) is 12.8 Å². The van der Waals surface area contributed by atoms with Crippen LogP contribution in [0.25, 0.3) is 0 Å². The second-order valence-corrected chi connectivity index (χ2v) is 6.47. The van der Waals surface area contributed by atoms with Gasteiger partial charge in [0.05, 0.1) is 21.1 Å². The SMILES string of the molecule is CCCCCOC(CC(=O)[O-])C[N+](C)(C)C.O=C(O)CCCO. The Kier molecular flexibility index (Phi) is 15.1. The Bertz CT molecular complexity index is 314. The van der Waals surface area contributed by atoms with Crippen molar-refractivity contribution in [2.24, 2.45) is 0 Å². The lowest BCUT2D eigenvalue weighted by Crippen LogP contribution is -2.44. The van der Waals surface area contributed by atoms with Gasteiger partial charge in [-0.15, -0.1) is 0 Å². The number of carbonyl (C=O) groups is 2. The molecular weight excluding hydrogens is 302 g/mol. The van der Waals surface area contributed by atoms with Crippen molar-refractivity contribution in [1.82, 2.24) is 0 Å². The van der Waals surface area contributed by atoms with Crippen LogP contribution in [0.1, 0.15) is 45.4 Å². The average Bonchev–Trinajstić information content (AvgIpc) is 2.39. The van der Waals surface area contributed by atoms with Crippen LogP contribution < -0.4 is 5.11 Å². The van der Waals surface area contributed by atoms with E-state index in [-0.39, 0.29) is 25.6 Å². The molecule has 0 amide bonds. The van der Waals surface area contributed by atoms with Crippen LogP contribution in [0.4, 0.5) is 0 Å². The minimum Gasteiger partial charge on any atom is -0.550 e. The number of likely N-dealkylation sites (N-methyl/N-ethyl adjacent to an activating group) is 1. The highest BCUT2D eigenvalue weighted by atomic mass is 16.5. The summed E-state index contributed by atoms with van der Waals surface area (Å²) in [6.07, 6.45) is 3.44. The molecule has 23 heavy (non-hydrogen) atoms. The lowest BCUT2D eigenvalue weighted by atomic mass is 10.2. The first-order chi connectivity index (χ1) is 10.6. The number of carbonyl (C=O) groups excluding carboxylic acids is 1. The minimum atomic E-state index is -1.03. The maximum absolute atomic E-state index is 10.6. The van der Waals surface area contributed by atoms with Crippen LogP contribution in [0, 0.1) is 0 Å². The summed E-state index contributed by atoms with van der Waals surface area (Å²) in [4.78, 5) is 20.2. The number of quaternary nitrogens is 1. The number of hydrogen-bond donors (Lipinski definition) is 2. The van der Waals surface area contributed by atoms with Crippen molar-refractivity contribution in [3.8, 4) is 0 Å². The van der Waals surface area contributed by atoms with E-state index in [1.165, 1.54) is 0 Å². The molecule has 0 aliphatic heterocycles. The van der Waals surface area contributed by atoms with E-state index in [1.54, 1.807) is 0 Å². The van der Waals surface area contributed by atoms with Crippen molar-refractivity contribution < 1.29 is 34.1 Å². The molecule has 0 aliphatic rings. The Morgan fingerprint density at radius 3 is 2.13 bits per heavy atom. The van der Waals surface area contributed by atoms with E-state index in [9.17, 15) is 14.7 Å². The molecule has 1 unspecified atom stereocenters. The summed E-state index contributed by atoms with van der Waals surface area (Å²) >= 11 is 0. The molecule has 0 radical (unpaired) electrons. The zero-order valence-electron chi connectivity index (χ0n) is 14.9. The predicted octanol–water partition coefficient (Wildman–Crippen LogP) is 0.252. The van der Waals surface area contributed by atoms with E-state index in [4.69, 9.17) is 14.9 Å². The molecule has 0 aromatic heterocycles. The van der Waals surface area contributed by atoms with E-state index >= 15 is 0 Å². The highest BCUT2D eigenvalue weighted by Crippen LogP contribution is 2.06. The van der Waals surface area contributed by atoms with Crippen LogP contribution in [0.3, 0.4) is 0 Å². The number of nitrogens with zero attached hydrogens (tertiary/aromatic N) is 1. The summed E-state index contributed by atoms with van der Waals surface area (Å²) < 4.78 is 6.29. The van der Waals surface area contributed by atoms with Crippen molar-refractivity contribution in [2.45, 2.75) is 51.6 Å². The fourth-order valence-electron chi connectivity index (χ4n) is 1.81. The average molecular weight is 335 g/mol. The first-order valence-electron chi connectivity index (χ1n) is 8.07. The van der Waals surface area contributed by atoms with Gasteiger partial charge in [0.25, 0.3) is 0 Å². The van der Waals surface area contributed by atoms with Crippen LogP contribution in [0.15, 0.2) is 0 Å². The van der Waals surface area contributed by atoms with Crippen LogP contribution >= 0.6 is 0 Å². The Labute approximate surface area is 139 Å². The molecule has 0 bridgehead atoms. The molecular formula is C16H33NO6. The Morgan fingerprint density at radius 2 is 1.78 bits per heavy atom. The number of aliphatic hydroxyl groups excluding tert-OH is 1. The number of aliphatic carboxylic acids is 2. The van der Waals surface area contributed by atoms with Crippen molar-refractivity contribution >= 4 is 11.9 Å². The maximum Gasteiger partial charge on any atom is 0.303 e. The smallest absolute Gasteiger partial charge is 0.303 e. The van der Waals surface area contributed by atoms with Crippen LogP contribution in [-0.4, -0.2) is 73.6 Å². The molecule has 0 saturated heterocycles. The molecule has 1 atom stereocenters. The van der Waals surface area contributed by atoms with E-state index < -0.39 is 11.9 Å². The fraction of sp³-hybridized carbons (Fsp3) is 0.875. The Balaban J connectivity index is 0. The first-order valence-corrected chi connectivity index (χ1v) is 8.07. The third-order valence-corrected chi connectivity index (χ3v) is 2.80. The Hall–Kier alpha value is -1.18. The van der Waals surface area contributed by atoms with Crippen LogP contribution in [-0.2, 0) is 14.3 Å². The van der Waals surface area contributed by atoms with Crippen molar-refractivity contribution in [3.63, 3.8) is 0 Å². The summed E-state index contributed by atoms with van der Waals surface area (Å²) in [5.74, 6) is -1.89. The quantitative estimate of drug-likeness (QED) is 0.391. The second-order valence-electron chi connectivity index (χ2n) is 6.47. The highest BCUT2D eigenvalue weighted by Gasteiger charge is 2.18. The summed E-state index contributed by atoms with van der Waals surface area (Å²) in [5.41, 5.74) is 0. The number of hydrogen-bond acceptors (Lipinski definition) is 5. The molecule has 0 heterocycles. The van der Waals surface area contributed by atoms with Crippen LogP contribution in [0.2, 0.25) is 0 Å². The second kappa shape index (κ2) is 14.4. The minimum absolute atomic E-state index is 0.0123. The summed E-state index contributed by atoms with van der Waals surface area (Å²) in [7, 11) is 6.08. The molecule has 0 rings (SSSR count). The van der Waals surface area contributed by atoms with Crippen molar-refractivity contribution in [2.75, 3.05) is 40.9 Å². The van der Waals surface area contributed by atoms with Crippen molar-refractivity contribution in [3.05, 3.63) is 0 Å². The lowest BCUT2D eigenvalue weighted by Gasteiger charge is -2.29. The number of carboxylic acids is 2. The number of ether oxygens (including phenoxy) is 1. The molecule has 0 fully saturated rings. The molecule has 0 aliphatic carbocycles. The van der Waals surface area contributed by atoms with E-state index in [0.717, 1.165) is 19.3 Å². The molecule has 0 aromatic rings. The third-order valence-electron chi connectivity index (χ3n) is 2.80. The van der Waals surface area contributed by atoms with Gasteiger partial charge in [-0.2, -0.15) is 0 Å². The van der Waals surface area contributed by atoms with Gasteiger partial charge in [0, 0.05) is 32.0 Å². The normalized spacial score (nSPS) is 12.2. The van der Waals surface area contributed by atoms with Gasteiger partial charge < -0.3 is 29.3 Å². The maximum atomic E-state index is 10.6. The van der Waals surface area contributed by atoms with E-state index in [2.05, 4.69) is 6.92 Å². The van der Waals surface area contributed by atoms with Gasteiger partial charge in [0.2, 0.25) is 0 Å². The van der Waals surface area contributed by atoms with Gasteiger partial charge in [-0.25, -0.2) is 0 Å². The topological polar surface area (TPSA) is 107 Å². The van der Waals surface area contributed by atoms with Crippen LogP contribution in [0.5, 0.6) is 0 Å². The molecule has 0 saturated carbocycles.